The molecule has 25 heavy (non-hydrogen) atoms. The molecule has 1 aliphatic rings. The molecule has 2 heterocycles. The molecule has 0 spiro atoms. The largest absolute Gasteiger partial charge is 0.418 e. The lowest BCUT2D eigenvalue weighted by molar-refractivity contribution is -0.137. The minimum Gasteiger partial charge on any atom is -0.369 e. The number of aromatic nitrogens is 2. The van der Waals surface area contributed by atoms with Crippen molar-refractivity contribution in [3.05, 3.63) is 64.7 Å². The predicted octanol–water partition coefficient (Wildman–Crippen LogP) is 5.18. The van der Waals surface area contributed by atoms with Crippen LogP contribution in [0.3, 0.4) is 0 Å². The zero-order chi connectivity index (χ0) is 17.6. The van der Waals surface area contributed by atoms with Crippen LogP contribution in [-0.2, 0) is 12.6 Å². The summed E-state index contributed by atoms with van der Waals surface area (Å²) in [4.78, 5) is 0. The number of nitrogens with one attached hydrogen (secondary N) is 1. The maximum Gasteiger partial charge on any atom is 0.418 e. The number of alkyl halides is 3. The summed E-state index contributed by atoms with van der Waals surface area (Å²) in [6.45, 7) is 0.662. The van der Waals surface area contributed by atoms with Crippen molar-refractivity contribution < 1.29 is 13.2 Å². The first-order valence-electron chi connectivity index (χ1n) is 7.73. The maximum absolute atomic E-state index is 13.4. The van der Waals surface area contributed by atoms with Gasteiger partial charge in [0.15, 0.2) is 0 Å². The monoisotopic (exact) mass is 363 g/mol. The number of benzene rings is 2. The standard InChI is InChI=1S/C18H13ClF3N3/c19-12-5-3-4-11(10-12)16-13-8-9-23-17(13)25(24-16)15-7-2-1-6-14(15)18(20,21)22/h1-7,10,23H,8-9H2. The van der Waals surface area contributed by atoms with Crippen LogP contribution in [0, 0.1) is 0 Å². The Bertz CT molecular complexity index is 947. The number of hydrogen-bond donors (Lipinski definition) is 1. The summed E-state index contributed by atoms with van der Waals surface area (Å²) in [5.74, 6) is 0.603. The summed E-state index contributed by atoms with van der Waals surface area (Å²) in [5, 5.41) is 8.19. The van der Waals surface area contributed by atoms with E-state index in [0.717, 1.165) is 17.2 Å². The first-order valence-corrected chi connectivity index (χ1v) is 8.11. The predicted molar refractivity (Wildman–Crippen MR) is 91.2 cm³/mol. The molecule has 1 aromatic heterocycles. The van der Waals surface area contributed by atoms with Crippen LogP contribution in [-0.4, -0.2) is 16.3 Å². The van der Waals surface area contributed by atoms with Crippen LogP contribution in [0.25, 0.3) is 16.9 Å². The number of para-hydroxylation sites is 1. The van der Waals surface area contributed by atoms with Gasteiger partial charge < -0.3 is 5.32 Å². The molecule has 3 nitrogen and oxygen atoms in total. The minimum absolute atomic E-state index is 0.00827. The zero-order valence-corrected chi connectivity index (χ0v) is 13.7. The van der Waals surface area contributed by atoms with E-state index < -0.39 is 11.7 Å². The quantitative estimate of drug-likeness (QED) is 0.680. The lowest BCUT2D eigenvalue weighted by Gasteiger charge is -2.14. The first kappa shape index (κ1) is 16.0. The van der Waals surface area contributed by atoms with Crippen LogP contribution >= 0.6 is 11.6 Å². The molecule has 0 unspecified atom stereocenters. The van der Waals surface area contributed by atoms with Crippen molar-refractivity contribution in [2.45, 2.75) is 12.6 Å². The topological polar surface area (TPSA) is 29.9 Å². The molecule has 128 valence electrons. The van der Waals surface area contributed by atoms with E-state index in [0.29, 0.717) is 29.5 Å². The highest BCUT2D eigenvalue weighted by Crippen LogP contribution is 2.39. The second-order valence-corrected chi connectivity index (χ2v) is 6.23. The Morgan fingerprint density at radius 2 is 1.88 bits per heavy atom. The van der Waals surface area contributed by atoms with E-state index in [1.165, 1.54) is 16.8 Å². The highest BCUT2D eigenvalue weighted by Gasteiger charge is 2.35. The van der Waals surface area contributed by atoms with Gasteiger partial charge in [-0.3, -0.25) is 0 Å². The summed E-state index contributed by atoms with van der Waals surface area (Å²) in [7, 11) is 0. The fourth-order valence-corrected chi connectivity index (χ4v) is 3.31. The van der Waals surface area contributed by atoms with E-state index >= 15 is 0 Å². The normalized spacial score (nSPS) is 13.6. The van der Waals surface area contributed by atoms with E-state index in [-0.39, 0.29) is 5.69 Å². The number of nitrogens with zero attached hydrogens (tertiary/aromatic N) is 2. The maximum atomic E-state index is 13.4. The van der Waals surface area contributed by atoms with Gasteiger partial charge in [0.2, 0.25) is 0 Å². The minimum atomic E-state index is -4.45. The molecule has 2 aromatic carbocycles. The molecule has 1 aliphatic heterocycles. The van der Waals surface area contributed by atoms with E-state index in [4.69, 9.17) is 11.6 Å². The molecule has 3 aromatic rings. The van der Waals surface area contributed by atoms with Crippen LogP contribution in [0.1, 0.15) is 11.1 Å². The third kappa shape index (κ3) is 2.76. The lowest BCUT2D eigenvalue weighted by Crippen LogP contribution is -2.13. The van der Waals surface area contributed by atoms with Crippen molar-refractivity contribution in [2.24, 2.45) is 0 Å². The summed E-state index contributed by atoms with van der Waals surface area (Å²) in [6, 6.07) is 12.6. The number of rotatable bonds is 2. The van der Waals surface area contributed by atoms with Crippen molar-refractivity contribution in [3.8, 4) is 16.9 Å². The number of halogens is 4. The molecular formula is C18H13ClF3N3. The molecule has 0 radical (unpaired) electrons. The molecule has 0 aliphatic carbocycles. The Kier molecular flexibility index (Phi) is 3.72. The van der Waals surface area contributed by atoms with Gasteiger partial charge in [-0.25, -0.2) is 4.68 Å². The summed E-state index contributed by atoms with van der Waals surface area (Å²) in [6.07, 6.45) is -3.75. The van der Waals surface area contributed by atoms with E-state index in [2.05, 4.69) is 10.4 Å². The third-order valence-corrected chi connectivity index (χ3v) is 4.42. The average molecular weight is 364 g/mol. The van der Waals surface area contributed by atoms with Gasteiger partial charge in [-0.1, -0.05) is 35.9 Å². The van der Waals surface area contributed by atoms with Gasteiger partial charge >= 0.3 is 6.18 Å². The molecule has 0 bridgehead atoms. The van der Waals surface area contributed by atoms with Crippen LogP contribution < -0.4 is 5.32 Å². The van der Waals surface area contributed by atoms with E-state index in [9.17, 15) is 13.2 Å². The van der Waals surface area contributed by atoms with Gasteiger partial charge in [-0.2, -0.15) is 18.3 Å². The van der Waals surface area contributed by atoms with Gasteiger partial charge in [0.25, 0.3) is 0 Å². The van der Waals surface area contributed by atoms with Crippen molar-refractivity contribution in [2.75, 3.05) is 11.9 Å². The smallest absolute Gasteiger partial charge is 0.369 e. The molecule has 7 heteroatoms. The molecule has 0 fully saturated rings. The molecule has 4 rings (SSSR count). The molecule has 0 atom stereocenters. The van der Waals surface area contributed by atoms with Crippen LogP contribution in [0.2, 0.25) is 5.02 Å². The van der Waals surface area contributed by atoms with Crippen LogP contribution in [0.4, 0.5) is 19.0 Å². The van der Waals surface area contributed by atoms with Gasteiger partial charge in [0.05, 0.1) is 16.9 Å². The fraction of sp³-hybridized carbons (Fsp3) is 0.167. The highest BCUT2D eigenvalue weighted by atomic mass is 35.5. The summed E-state index contributed by atoms with van der Waals surface area (Å²) < 4.78 is 41.5. The SMILES string of the molecule is FC(F)(F)c1ccccc1-n1nc(-c2cccc(Cl)c2)c2c1NCC2. The van der Waals surface area contributed by atoms with Crippen molar-refractivity contribution in [1.82, 2.24) is 9.78 Å². The van der Waals surface area contributed by atoms with Crippen molar-refractivity contribution in [3.63, 3.8) is 0 Å². The van der Waals surface area contributed by atoms with Gasteiger partial charge in [-0.05, 0) is 30.7 Å². The highest BCUT2D eigenvalue weighted by molar-refractivity contribution is 6.30. The first-order chi connectivity index (χ1) is 11.9. The third-order valence-electron chi connectivity index (χ3n) is 4.19. The Morgan fingerprint density at radius 1 is 1.08 bits per heavy atom. The van der Waals surface area contributed by atoms with Crippen molar-refractivity contribution >= 4 is 17.4 Å². The van der Waals surface area contributed by atoms with E-state index in [1.807, 2.05) is 6.07 Å². The Morgan fingerprint density at radius 3 is 2.64 bits per heavy atom. The molecule has 0 saturated heterocycles. The Labute approximate surface area is 147 Å². The fourth-order valence-electron chi connectivity index (χ4n) is 3.11. The molecule has 0 amide bonds. The Balaban J connectivity index is 1.93. The second kappa shape index (κ2) is 5.81. The van der Waals surface area contributed by atoms with Gasteiger partial charge in [-0.15, -0.1) is 0 Å². The van der Waals surface area contributed by atoms with Gasteiger partial charge in [0, 0.05) is 22.7 Å². The van der Waals surface area contributed by atoms with Crippen LogP contribution in [0.15, 0.2) is 48.5 Å². The Hall–Kier alpha value is -2.47. The van der Waals surface area contributed by atoms with Crippen molar-refractivity contribution in [1.29, 1.82) is 0 Å². The van der Waals surface area contributed by atoms with Crippen LogP contribution in [0.5, 0.6) is 0 Å². The zero-order valence-electron chi connectivity index (χ0n) is 12.9. The molecular weight excluding hydrogens is 351 g/mol. The number of fused-ring (bicyclic) bond motifs is 1. The second-order valence-electron chi connectivity index (χ2n) is 5.79. The number of hydrogen-bond acceptors (Lipinski definition) is 2. The van der Waals surface area contributed by atoms with Gasteiger partial charge in [0.1, 0.15) is 5.82 Å². The summed E-state index contributed by atoms with van der Waals surface area (Å²) in [5.41, 5.74) is 1.63. The lowest BCUT2D eigenvalue weighted by atomic mass is 10.1. The number of anilines is 1. The summed E-state index contributed by atoms with van der Waals surface area (Å²) >= 11 is 6.06. The van der Waals surface area contributed by atoms with E-state index in [1.54, 1.807) is 24.3 Å². The molecule has 0 saturated carbocycles. The average Bonchev–Trinajstić information content (AvgIpc) is 3.16. The molecule has 1 N–H and O–H groups in total.